The highest BCUT2D eigenvalue weighted by Crippen LogP contribution is 2.51. The molecule has 82 heavy (non-hydrogen) atoms. The van der Waals surface area contributed by atoms with Crippen LogP contribution in [0.25, 0.3) is 94.3 Å². The number of halogens is 1. The largest absolute Gasteiger partial charge is 0.309 e. The monoisotopic (exact) mass is 1070 g/mol. The lowest BCUT2D eigenvalue weighted by atomic mass is 10.0. The molecule has 0 N–H and O–H groups in total. The van der Waals surface area contributed by atoms with Crippen LogP contribution in [0.15, 0.2) is 328 Å². The number of benzene rings is 13. The van der Waals surface area contributed by atoms with Crippen molar-refractivity contribution >= 4 is 67.5 Å². The van der Waals surface area contributed by atoms with Gasteiger partial charge in [-0.2, -0.15) is 0 Å². The van der Waals surface area contributed by atoms with Crippen molar-refractivity contribution in [1.82, 2.24) is 4.57 Å². The van der Waals surface area contributed by atoms with Crippen molar-refractivity contribution in [3.05, 3.63) is 333 Å². The number of anilines is 6. The molecule has 0 fully saturated rings. The van der Waals surface area contributed by atoms with Crippen LogP contribution >= 0.6 is 11.6 Å². The van der Waals surface area contributed by atoms with Gasteiger partial charge in [-0.05, 0) is 152 Å². The maximum absolute atomic E-state index is 8.48. The van der Waals surface area contributed by atoms with Crippen molar-refractivity contribution < 1.29 is 0 Å². The summed E-state index contributed by atoms with van der Waals surface area (Å²) in [5.74, 6) is 0. The molecule has 14 rings (SSSR count). The van der Waals surface area contributed by atoms with E-state index < -0.39 is 0 Å². The molecule has 0 aliphatic rings. The van der Waals surface area contributed by atoms with Gasteiger partial charge in [-0.3, -0.25) is 0 Å². The van der Waals surface area contributed by atoms with E-state index in [0.717, 1.165) is 128 Å². The summed E-state index contributed by atoms with van der Waals surface area (Å²) in [6, 6.07) is 118. The zero-order chi connectivity index (χ0) is 54.8. The van der Waals surface area contributed by atoms with Gasteiger partial charge in [0.25, 0.3) is 0 Å². The lowest BCUT2D eigenvalue weighted by Gasteiger charge is -2.32. The minimum atomic E-state index is 0.577. The van der Waals surface area contributed by atoms with Crippen LogP contribution in [0.5, 0.6) is 0 Å². The highest BCUT2D eigenvalue weighted by atomic mass is 35.5. The van der Waals surface area contributed by atoms with E-state index >= 15 is 0 Å². The third-order valence-corrected chi connectivity index (χ3v) is 16.0. The molecular formula is C78H54ClN3. The molecule has 14 aromatic rings. The summed E-state index contributed by atoms with van der Waals surface area (Å²) >= 11 is 8.48. The Hall–Kier alpha value is -10.5. The zero-order valence-corrected chi connectivity index (χ0v) is 45.7. The molecule has 0 saturated heterocycles. The normalized spacial score (nSPS) is 11.2. The fourth-order valence-electron chi connectivity index (χ4n) is 11.6. The molecule has 1 heterocycles. The molecule has 0 unspecified atom stereocenters. The maximum atomic E-state index is 8.48. The molecule has 0 radical (unpaired) electrons. The van der Waals surface area contributed by atoms with Crippen LogP contribution in [0.4, 0.5) is 34.1 Å². The van der Waals surface area contributed by atoms with Crippen LogP contribution in [0.2, 0.25) is 5.02 Å². The minimum absolute atomic E-state index is 0.577. The first-order valence-electron chi connectivity index (χ1n) is 27.8. The zero-order valence-electron chi connectivity index (χ0n) is 44.9. The van der Waals surface area contributed by atoms with Crippen LogP contribution in [0, 0.1) is 0 Å². The Morgan fingerprint density at radius 1 is 0.220 bits per heavy atom. The molecule has 0 aliphatic heterocycles. The Morgan fingerprint density at radius 2 is 0.463 bits per heavy atom. The molecule has 13 aromatic carbocycles. The van der Waals surface area contributed by atoms with E-state index in [4.69, 9.17) is 11.6 Å². The van der Waals surface area contributed by atoms with Crippen molar-refractivity contribution in [1.29, 1.82) is 0 Å². The van der Waals surface area contributed by atoms with Gasteiger partial charge in [0.15, 0.2) is 0 Å². The Kier molecular flexibility index (Phi) is 13.4. The molecule has 0 bridgehead atoms. The Labute approximate surface area is 484 Å². The van der Waals surface area contributed by atoms with Crippen molar-refractivity contribution in [2.75, 3.05) is 9.80 Å². The lowest BCUT2D eigenvalue weighted by molar-refractivity contribution is 1.16. The van der Waals surface area contributed by atoms with Gasteiger partial charge in [-0.15, -0.1) is 0 Å². The van der Waals surface area contributed by atoms with Crippen LogP contribution in [-0.2, 0) is 0 Å². The van der Waals surface area contributed by atoms with Crippen LogP contribution < -0.4 is 9.80 Å². The second kappa shape index (κ2) is 22.0. The second-order valence-corrected chi connectivity index (χ2v) is 21.0. The van der Waals surface area contributed by atoms with Crippen LogP contribution in [-0.4, -0.2) is 4.57 Å². The van der Waals surface area contributed by atoms with E-state index in [1.807, 2.05) is 0 Å². The number of aromatic nitrogens is 1. The topological polar surface area (TPSA) is 11.4 Å². The molecule has 0 spiro atoms. The van der Waals surface area contributed by atoms with Crippen LogP contribution in [0.1, 0.15) is 0 Å². The number of hydrogen-bond donors (Lipinski definition) is 0. The van der Waals surface area contributed by atoms with Crippen molar-refractivity contribution in [2.45, 2.75) is 0 Å². The van der Waals surface area contributed by atoms with Gasteiger partial charge in [0, 0.05) is 33.5 Å². The Bertz CT molecular complexity index is 4110. The van der Waals surface area contributed by atoms with Gasteiger partial charge in [0.1, 0.15) is 0 Å². The Morgan fingerprint density at radius 3 is 0.732 bits per heavy atom. The summed E-state index contributed by atoms with van der Waals surface area (Å²) in [6.07, 6.45) is 0. The molecule has 1 aromatic heterocycles. The lowest BCUT2D eigenvalue weighted by Crippen LogP contribution is -2.16. The quantitative estimate of drug-likeness (QED) is 0.114. The molecule has 388 valence electrons. The van der Waals surface area contributed by atoms with E-state index in [9.17, 15) is 0 Å². The van der Waals surface area contributed by atoms with E-state index in [0.29, 0.717) is 5.02 Å². The number of fused-ring (bicyclic) bond motifs is 3. The first-order chi connectivity index (χ1) is 40.6. The predicted molar refractivity (Wildman–Crippen MR) is 348 cm³/mol. The van der Waals surface area contributed by atoms with Gasteiger partial charge in [0.05, 0.1) is 33.1 Å². The molecule has 4 heteroatoms. The summed E-state index contributed by atoms with van der Waals surface area (Å²) in [7, 11) is 0. The van der Waals surface area contributed by atoms with Gasteiger partial charge in [0.2, 0.25) is 0 Å². The molecule has 3 nitrogen and oxygen atoms in total. The highest BCUT2D eigenvalue weighted by Gasteiger charge is 2.27. The fourth-order valence-corrected chi connectivity index (χ4v) is 11.9. The number of nitrogens with zero attached hydrogens (tertiary/aromatic N) is 3. The van der Waals surface area contributed by atoms with Gasteiger partial charge < -0.3 is 14.4 Å². The third-order valence-electron chi connectivity index (χ3n) is 15.6. The number of rotatable bonds is 13. The smallest absolute Gasteiger partial charge is 0.0888 e. The van der Waals surface area contributed by atoms with Crippen molar-refractivity contribution in [2.24, 2.45) is 0 Å². The minimum Gasteiger partial charge on any atom is -0.309 e. The first-order valence-corrected chi connectivity index (χ1v) is 28.2. The summed E-state index contributed by atoms with van der Waals surface area (Å²) in [5, 5.41) is 2.88. The van der Waals surface area contributed by atoms with Crippen LogP contribution in [0.3, 0.4) is 0 Å². The van der Waals surface area contributed by atoms with Crippen molar-refractivity contribution in [3.8, 4) is 72.4 Å². The van der Waals surface area contributed by atoms with Gasteiger partial charge in [-0.1, -0.05) is 254 Å². The third kappa shape index (κ3) is 9.70. The van der Waals surface area contributed by atoms with E-state index in [1.54, 1.807) is 0 Å². The maximum Gasteiger partial charge on any atom is 0.0888 e. The standard InChI is InChI=1S/C78H54ClN3/c79-78-76(80(67-39-19-35-61(47-67)55-23-7-1-8-24-55)68-40-20-36-62(48-68)56-25-9-2-10-26-56)53-71(82-74-45-43-65(59-31-15-5-16-32-59)51-72(74)73-52-66(44-46-75(73)82)60-33-17-6-18-34-60)54-77(78)81(69-41-21-37-63(49-69)57-27-11-3-12-28-57)70-42-22-38-64(50-70)58-29-13-4-14-30-58/h1-54H. The van der Waals surface area contributed by atoms with Crippen molar-refractivity contribution in [3.63, 3.8) is 0 Å². The van der Waals surface area contributed by atoms with E-state index in [-0.39, 0.29) is 0 Å². The summed E-state index contributed by atoms with van der Waals surface area (Å²) in [6.45, 7) is 0. The molecule has 0 atom stereocenters. The van der Waals surface area contributed by atoms with E-state index in [2.05, 4.69) is 342 Å². The predicted octanol–water partition coefficient (Wildman–Crippen LogP) is 22.4. The summed E-state index contributed by atoms with van der Waals surface area (Å²) < 4.78 is 2.44. The summed E-state index contributed by atoms with van der Waals surface area (Å²) in [4.78, 5) is 4.70. The highest BCUT2D eigenvalue weighted by molar-refractivity contribution is 6.37. The van der Waals surface area contributed by atoms with Gasteiger partial charge >= 0.3 is 0 Å². The second-order valence-electron chi connectivity index (χ2n) is 20.7. The average molecular weight is 1070 g/mol. The molecular weight excluding hydrogens is 1010 g/mol. The van der Waals surface area contributed by atoms with E-state index in [1.165, 1.54) is 0 Å². The molecule has 0 amide bonds. The SMILES string of the molecule is Clc1c(N(c2cccc(-c3ccccc3)c2)c2cccc(-c3ccccc3)c2)cc(-n2c3ccc(-c4ccccc4)cc3c3cc(-c4ccccc4)ccc32)cc1N(c1cccc(-c2ccccc2)c1)c1cccc(-c2ccccc2)c1. The molecule has 0 saturated carbocycles. The Balaban J connectivity index is 1.09. The first kappa shape index (κ1) is 49.8. The average Bonchev–Trinajstić information content (AvgIpc) is 4.02. The summed E-state index contributed by atoms with van der Waals surface area (Å²) in [5.41, 5.74) is 22.1. The number of hydrogen-bond acceptors (Lipinski definition) is 2. The van der Waals surface area contributed by atoms with Gasteiger partial charge in [-0.25, -0.2) is 0 Å². The fraction of sp³-hybridized carbons (Fsp3) is 0. The molecule has 0 aliphatic carbocycles.